The van der Waals surface area contributed by atoms with Crippen LogP contribution in [0, 0.1) is 0 Å². The normalized spacial score (nSPS) is 14.4. The predicted octanol–water partition coefficient (Wildman–Crippen LogP) is 1.29. The first-order valence-corrected chi connectivity index (χ1v) is 5.57. The van der Waals surface area contributed by atoms with E-state index in [1.54, 1.807) is 0 Å². The molecule has 0 radical (unpaired) electrons. The van der Waals surface area contributed by atoms with Crippen molar-refractivity contribution in [1.82, 2.24) is 5.32 Å². The summed E-state index contributed by atoms with van der Waals surface area (Å²) in [5.41, 5.74) is -0.536. The average Bonchev–Trinajstić information content (AvgIpc) is 2.18. The molecule has 3 nitrogen and oxygen atoms in total. The van der Waals surface area contributed by atoms with E-state index >= 15 is 0 Å². The topological polar surface area (TPSA) is 52.5 Å². The summed E-state index contributed by atoms with van der Waals surface area (Å²) in [5.74, 6) is 0. The Hall–Kier alpha value is -0.120. The Kier molecular flexibility index (Phi) is 7.15. The van der Waals surface area contributed by atoms with Gasteiger partial charge in [0.2, 0.25) is 0 Å². The third-order valence-electron chi connectivity index (χ3n) is 2.53. The van der Waals surface area contributed by atoms with E-state index in [1.807, 2.05) is 6.92 Å². The van der Waals surface area contributed by atoms with Crippen molar-refractivity contribution in [3.63, 3.8) is 0 Å². The molecule has 0 rings (SSSR count). The Morgan fingerprint density at radius 2 is 1.79 bits per heavy atom. The first-order valence-electron chi connectivity index (χ1n) is 5.57. The number of aliphatic hydroxyl groups is 2. The van der Waals surface area contributed by atoms with Crippen LogP contribution in [0.25, 0.3) is 0 Å². The molecular formula is C11H25NO2. The van der Waals surface area contributed by atoms with Crippen molar-refractivity contribution in [2.24, 2.45) is 0 Å². The van der Waals surface area contributed by atoms with E-state index in [0.717, 1.165) is 6.42 Å². The first-order chi connectivity index (χ1) is 6.58. The van der Waals surface area contributed by atoms with Gasteiger partial charge in [0.05, 0.1) is 18.8 Å². The Morgan fingerprint density at radius 1 is 1.21 bits per heavy atom. The highest BCUT2D eigenvalue weighted by Gasteiger charge is 2.23. The van der Waals surface area contributed by atoms with Crippen LogP contribution in [0.4, 0.5) is 0 Å². The first kappa shape index (κ1) is 13.9. The second-order valence-corrected chi connectivity index (χ2v) is 4.42. The van der Waals surface area contributed by atoms with Crippen molar-refractivity contribution in [2.45, 2.75) is 58.0 Å². The average molecular weight is 203 g/mol. The van der Waals surface area contributed by atoms with Crippen molar-refractivity contribution in [3.05, 3.63) is 0 Å². The minimum Gasteiger partial charge on any atom is -0.394 e. The molecule has 3 N–H and O–H groups in total. The summed E-state index contributed by atoms with van der Waals surface area (Å²) >= 11 is 0. The summed E-state index contributed by atoms with van der Waals surface area (Å²) < 4.78 is 0. The van der Waals surface area contributed by atoms with Gasteiger partial charge in [-0.1, -0.05) is 26.2 Å². The quantitative estimate of drug-likeness (QED) is 0.521. The molecule has 0 aliphatic heterocycles. The highest BCUT2D eigenvalue weighted by Crippen LogP contribution is 2.08. The van der Waals surface area contributed by atoms with Gasteiger partial charge in [-0.05, 0) is 20.3 Å². The summed E-state index contributed by atoms with van der Waals surface area (Å²) in [6, 6.07) is 0.353. The van der Waals surface area contributed by atoms with Gasteiger partial charge in [-0.25, -0.2) is 0 Å². The minimum absolute atomic E-state index is 0.0262. The summed E-state index contributed by atoms with van der Waals surface area (Å²) in [7, 11) is 0. The monoisotopic (exact) mass is 203 g/mol. The van der Waals surface area contributed by atoms with E-state index in [2.05, 4.69) is 19.2 Å². The number of rotatable bonds is 8. The van der Waals surface area contributed by atoms with Gasteiger partial charge >= 0.3 is 0 Å². The maximum absolute atomic E-state index is 9.08. The smallest absolute Gasteiger partial charge is 0.0633 e. The lowest BCUT2D eigenvalue weighted by atomic mass is 10.0. The van der Waals surface area contributed by atoms with Gasteiger partial charge in [-0.3, -0.25) is 0 Å². The summed E-state index contributed by atoms with van der Waals surface area (Å²) in [6.45, 7) is 6.06. The zero-order valence-corrected chi connectivity index (χ0v) is 9.71. The van der Waals surface area contributed by atoms with Gasteiger partial charge in [0.1, 0.15) is 0 Å². The van der Waals surface area contributed by atoms with Crippen LogP contribution in [0.15, 0.2) is 0 Å². The molecule has 1 unspecified atom stereocenters. The molecule has 0 bridgehead atoms. The van der Waals surface area contributed by atoms with Crippen LogP contribution in [0.1, 0.15) is 46.5 Å². The zero-order valence-electron chi connectivity index (χ0n) is 9.71. The molecule has 0 saturated carbocycles. The molecule has 0 fully saturated rings. The zero-order chi connectivity index (χ0) is 11.0. The standard InChI is InChI=1S/C11H25NO2/c1-4-5-6-7-10(2)12-11(3,8-13)9-14/h10,12-14H,4-9H2,1-3H3. The summed E-state index contributed by atoms with van der Waals surface area (Å²) in [6.07, 6.45) is 4.78. The number of hydrogen-bond acceptors (Lipinski definition) is 3. The lowest BCUT2D eigenvalue weighted by molar-refractivity contribution is 0.0944. The highest BCUT2D eigenvalue weighted by atomic mass is 16.3. The van der Waals surface area contributed by atoms with Crippen LogP contribution < -0.4 is 5.32 Å². The van der Waals surface area contributed by atoms with Crippen LogP contribution >= 0.6 is 0 Å². The van der Waals surface area contributed by atoms with E-state index in [4.69, 9.17) is 10.2 Å². The Bertz CT molecular complexity index is 135. The van der Waals surface area contributed by atoms with Crippen LogP contribution in [-0.4, -0.2) is 35.0 Å². The maximum Gasteiger partial charge on any atom is 0.0633 e. The molecular weight excluding hydrogens is 178 g/mol. The number of nitrogens with one attached hydrogen (secondary N) is 1. The van der Waals surface area contributed by atoms with Gasteiger partial charge < -0.3 is 15.5 Å². The van der Waals surface area contributed by atoms with Crippen molar-refractivity contribution in [2.75, 3.05) is 13.2 Å². The SMILES string of the molecule is CCCCCC(C)NC(C)(CO)CO. The van der Waals surface area contributed by atoms with Crippen molar-refractivity contribution in [1.29, 1.82) is 0 Å². The predicted molar refractivity (Wildman–Crippen MR) is 59.3 cm³/mol. The van der Waals surface area contributed by atoms with Gasteiger partial charge in [0, 0.05) is 6.04 Å². The molecule has 0 aliphatic rings. The molecule has 0 aliphatic carbocycles. The van der Waals surface area contributed by atoms with E-state index in [1.165, 1.54) is 19.3 Å². The molecule has 3 heteroatoms. The summed E-state index contributed by atoms with van der Waals surface area (Å²) in [4.78, 5) is 0. The second kappa shape index (κ2) is 7.21. The van der Waals surface area contributed by atoms with Gasteiger partial charge in [-0.2, -0.15) is 0 Å². The fourth-order valence-electron chi connectivity index (χ4n) is 1.51. The largest absolute Gasteiger partial charge is 0.394 e. The third kappa shape index (κ3) is 5.58. The van der Waals surface area contributed by atoms with Gasteiger partial charge in [0.15, 0.2) is 0 Å². The Labute approximate surface area is 87.5 Å². The Morgan fingerprint density at radius 3 is 2.21 bits per heavy atom. The van der Waals surface area contributed by atoms with Crippen LogP contribution in [0.2, 0.25) is 0 Å². The highest BCUT2D eigenvalue weighted by molar-refractivity contribution is 4.83. The Balaban J connectivity index is 3.73. The molecule has 0 aromatic carbocycles. The second-order valence-electron chi connectivity index (χ2n) is 4.42. The molecule has 0 heterocycles. The maximum atomic E-state index is 9.08. The molecule has 14 heavy (non-hydrogen) atoms. The fraction of sp³-hybridized carbons (Fsp3) is 1.00. The minimum atomic E-state index is -0.536. The van der Waals surface area contributed by atoms with Crippen LogP contribution in [-0.2, 0) is 0 Å². The van der Waals surface area contributed by atoms with Crippen molar-refractivity contribution in [3.8, 4) is 0 Å². The summed E-state index contributed by atoms with van der Waals surface area (Å²) in [5, 5.41) is 21.4. The lowest BCUT2D eigenvalue weighted by Crippen LogP contribution is -2.52. The fourth-order valence-corrected chi connectivity index (χ4v) is 1.51. The molecule has 0 amide bonds. The van der Waals surface area contributed by atoms with Gasteiger partial charge in [0.25, 0.3) is 0 Å². The van der Waals surface area contributed by atoms with E-state index in [0.29, 0.717) is 6.04 Å². The van der Waals surface area contributed by atoms with Crippen LogP contribution in [0.5, 0.6) is 0 Å². The molecule has 86 valence electrons. The lowest BCUT2D eigenvalue weighted by Gasteiger charge is -2.30. The van der Waals surface area contributed by atoms with Crippen molar-refractivity contribution >= 4 is 0 Å². The molecule has 0 aromatic rings. The van der Waals surface area contributed by atoms with E-state index < -0.39 is 5.54 Å². The van der Waals surface area contributed by atoms with Gasteiger partial charge in [-0.15, -0.1) is 0 Å². The third-order valence-corrected chi connectivity index (χ3v) is 2.53. The number of aliphatic hydroxyl groups excluding tert-OH is 2. The number of unbranched alkanes of at least 4 members (excludes halogenated alkanes) is 2. The van der Waals surface area contributed by atoms with E-state index in [-0.39, 0.29) is 13.2 Å². The number of hydrogen-bond donors (Lipinski definition) is 3. The van der Waals surface area contributed by atoms with Crippen LogP contribution in [0.3, 0.4) is 0 Å². The molecule has 0 saturated heterocycles. The molecule has 0 spiro atoms. The van der Waals surface area contributed by atoms with E-state index in [9.17, 15) is 0 Å². The molecule has 1 atom stereocenters. The molecule has 0 aromatic heterocycles. The van der Waals surface area contributed by atoms with Crippen molar-refractivity contribution < 1.29 is 10.2 Å².